The molecule has 0 radical (unpaired) electrons. The van der Waals surface area contributed by atoms with Crippen LogP contribution in [0.1, 0.15) is 32.9 Å². The summed E-state index contributed by atoms with van der Waals surface area (Å²) in [6, 6.07) is 0. The van der Waals surface area contributed by atoms with Crippen LogP contribution in [0.5, 0.6) is 0 Å². The molecule has 18 heavy (non-hydrogen) atoms. The average molecular weight is 251 g/mol. The molecule has 1 aliphatic rings. The van der Waals surface area contributed by atoms with Gasteiger partial charge in [-0.05, 0) is 24.9 Å². The third-order valence-corrected chi connectivity index (χ3v) is 3.54. The predicted octanol–water partition coefficient (Wildman–Crippen LogP) is 1.12. The van der Waals surface area contributed by atoms with Gasteiger partial charge in [0.1, 0.15) is 0 Å². The molecule has 0 aliphatic carbocycles. The second-order valence-electron chi connectivity index (χ2n) is 5.94. The summed E-state index contributed by atoms with van der Waals surface area (Å²) in [6.07, 6.45) is 3.35. The maximum Gasteiger partial charge on any atom is 0.0964 e. The predicted molar refractivity (Wildman–Crippen MR) is 72.2 cm³/mol. The molecule has 2 heterocycles. The first-order valence-corrected chi connectivity index (χ1v) is 6.91. The van der Waals surface area contributed by atoms with Crippen LogP contribution in [0.3, 0.4) is 0 Å². The van der Waals surface area contributed by atoms with Crippen molar-refractivity contribution in [2.45, 2.75) is 40.3 Å². The Balaban J connectivity index is 1.75. The van der Waals surface area contributed by atoms with Gasteiger partial charge in [0, 0.05) is 25.8 Å². The zero-order valence-corrected chi connectivity index (χ0v) is 11.8. The standard InChI is InChI=1S/C13H25N5/c1-4-14-9-12-10-18(16-15-12)8-7-17-6-5-13(2,3)11-17/h10,14H,4-9,11H2,1-3H3. The molecule has 1 fully saturated rings. The van der Waals surface area contributed by atoms with Crippen molar-refractivity contribution in [3.8, 4) is 0 Å². The maximum atomic E-state index is 4.17. The van der Waals surface area contributed by atoms with Crippen LogP contribution < -0.4 is 5.32 Å². The van der Waals surface area contributed by atoms with Crippen molar-refractivity contribution in [3.05, 3.63) is 11.9 Å². The van der Waals surface area contributed by atoms with Gasteiger partial charge in [-0.15, -0.1) is 5.10 Å². The molecular formula is C13H25N5. The minimum atomic E-state index is 0.485. The lowest BCUT2D eigenvalue weighted by Gasteiger charge is -2.19. The molecule has 0 bridgehead atoms. The first-order valence-electron chi connectivity index (χ1n) is 6.91. The second kappa shape index (κ2) is 5.80. The highest BCUT2D eigenvalue weighted by Crippen LogP contribution is 2.28. The topological polar surface area (TPSA) is 46.0 Å². The van der Waals surface area contributed by atoms with Gasteiger partial charge >= 0.3 is 0 Å². The number of hydrogen-bond donors (Lipinski definition) is 1. The van der Waals surface area contributed by atoms with Crippen molar-refractivity contribution in [3.63, 3.8) is 0 Å². The highest BCUT2D eigenvalue weighted by molar-refractivity contribution is 4.91. The van der Waals surface area contributed by atoms with E-state index in [0.29, 0.717) is 5.41 Å². The summed E-state index contributed by atoms with van der Waals surface area (Å²) < 4.78 is 1.96. The summed E-state index contributed by atoms with van der Waals surface area (Å²) in [5.41, 5.74) is 1.51. The summed E-state index contributed by atoms with van der Waals surface area (Å²) in [7, 11) is 0. The second-order valence-corrected chi connectivity index (χ2v) is 5.94. The Morgan fingerprint density at radius 3 is 2.89 bits per heavy atom. The van der Waals surface area contributed by atoms with Crippen molar-refractivity contribution >= 4 is 0 Å². The third kappa shape index (κ3) is 3.78. The van der Waals surface area contributed by atoms with E-state index in [4.69, 9.17) is 0 Å². The molecule has 1 aromatic heterocycles. The zero-order chi connectivity index (χ0) is 13.0. The summed E-state index contributed by atoms with van der Waals surface area (Å²) in [4.78, 5) is 2.52. The molecule has 0 atom stereocenters. The van der Waals surface area contributed by atoms with Crippen LogP contribution in [0.2, 0.25) is 0 Å². The molecule has 0 aromatic carbocycles. The highest BCUT2D eigenvalue weighted by Gasteiger charge is 2.28. The van der Waals surface area contributed by atoms with Crippen molar-refractivity contribution < 1.29 is 0 Å². The van der Waals surface area contributed by atoms with Gasteiger partial charge < -0.3 is 10.2 Å². The lowest BCUT2D eigenvalue weighted by molar-refractivity contribution is 0.276. The minimum Gasteiger partial charge on any atom is -0.311 e. The van der Waals surface area contributed by atoms with Gasteiger partial charge in [0.15, 0.2) is 0 Å². The molecule has 0 saturated carbocycles. The first-order chi connectivity index (χ1) is 8.59. The van der Waals surface area contributed by atoms with Gasteiger partial charge in [0.25, 0.3) is 0 Å². The van der Waals surface area contributed by atoms with Gasteiger partial charge in [0.2, 0.25) is 0 Å². The molecule has 0 spiro atoms. The number of likely N-dealkylation sites (tertiary alicyclic amines) is 1. The zero-order valence-electron chi connectivity index (χ0n) is 11.8. The highest BCUT2D eigenvalue weighted by atomic mass is 15.4. The Labute approximate surface area is 110 Å². The average Bonchev–Trinajstić information content (AvgIpc) is 2.90. The van der Waals surface area contributed by atoms with E-state index in [0.717, 1.165) is 31.9 Å². The van der Waals surface area contributed by atoms with E-state index in [9.17, 15) is 0 Å². The summed E-state index contributed by atoms with van der Waals surface area (Å²) >= 11 is 0. The minimum absolute atomic E-state index is 0.485. The molecule has 1 saturated heterocycles. The molecule has 102 valence electrons. The van der Waals surface area contributed by atoms with Crippen molar-refractivity contribution in [1.29, 1.82) is 0 Å². The maximum absolute atomic E-state index is 4.17. The molecule has 5 nitrogen and oxygen atoms in total. The summed E-state index contributed by atoms with van der Waals surface area (Å²) in [6.45, 7) is 13.0. The largest absolute Gasteiger partial charge is 0.311 e. The number of aromatic nitrogens is 3. The molecule has 1 aromatic rings. The van der Waals surface area contributed by atoms with E-state index in [1.807, 2.05) is 10.9 Å². The Morgan fingerprint density at radius 2 is 2.22 bits per heavy atom. The van der Waals surface area contributed by atoms with Crippen LogP contribution in [-0.2, 0) is 13.1 Å². The van der Waals surface area contributed by atoms with Crippen molar-refractivity contribution in [2.24, 2.45) is 5.41 Å². The number of hydrogen-bond acceptors (Lipinski definition) is 4. The quantitative estimate of drug-likeness (QED) is 0.823. The van der Waals surface area contributed by atoms with Gasteiger partial charge in [-0.1, -0.05) is 26.0 Å². The van der Waals surface area contributed by atoms with Crippen LogP contribution in [0.25, 0.3) is 0 Å². The molecule has 5 heteroatoms. The number of rotatable bonds is 6. The summed E-state index contributed by atoms with van der Waals surface area (Å²) in [5, 5.41) is 11.6. The van der Waals surface area contributed by atoms with E-state index >= 15 is 0 Å². The van der Waals surface area contributed by atoms with Gasteiger partial charge in [-0.25, -0.2) is 0 Å². The SMILES string of the molecule is CCNCc1cn(CCN2CCC(C)(C)C2)nn1. The first kappa shape index (κ1) is 13.5. The van der Waals surface area contributed by atoms with E-state index in [-0.39, 0.29) is 0 Å². The van der Waals surface area contributed by atoms with Crippen molar-refractivity contribution in [1.82, 2.24) is 25.2 Å². The fourth-order valence-electron chi connectivity index (χ4n) is 2.44. The third-order valence-electron chi connectivity index (χ3n) is 3.54. The van der Waals surface area contributed by atoms with Crippen molar-refractivity contribution in [2.75, 3.05) is 26.2 Å². The Hall–Kier alpha value is -0.940. The molecule has 1 aliphatic heterocycles. The Kier molecular flexibility index (Phi) is 4.35. The fourth-order valence-corrected chi connectivity index (χ4v) is 2.44. The molecule has 1 N–H and O–H groups in total. The number of nitrogens with zero attached hydrogens (tertiary/aromatic N) is 4. The molecule has 2 rings (SSSR count). The Bertz CT molecular complexity index is 371. The van der Waals surface area contributed by atoms with Gasteiger partial charge in [-0.2, -0.15) is 0 Å². The molecule has 0 unspecified atom stereocenters. The van der Waals surface area contributed by atoms with Crippen LogP contribution >= 0.6 is 0 Å². The van der Waals surface area contributed by atoms with Crippen LogP contribution in [0.4, 0.5) is 0 Å². The lowest BCUT2D eigenvalue weighted by Crippen LogP contribution is -2.27. The van der Waals surface area contributed by atoms with Crippen LogP contribution in [0.15, 0.2) is 6.20 Å². The van der Waals surface area contributed by atoms with Crippen LogP contribution in [0, 0.1) is 5.41 Å². The van der Waals surface area contributed by atoms with E-state index in [2.05, 4.69) is 41.3 Å². The van der Waals surface area contributed by atoms with Crippen LogP contribution in [-0.4, -0.2) is 46.1 Å². The normalized spacial score (nSPS) is 19.5. The van der Waals surface area contributed by atoms with Gasteiger partial charge in [-0.3, -0.25) is 4.68 Å². The Morgan fingerprint density at radius 1 is 1.39 bits per heavy atom. The fraction of sp³-hybridized carbons (Fsp3) is 0.846. The molecular weight excluding hydrogens is 226 g/mol. The van der Waals surface area contributed by atoms with E-state index in [1.54, 1.807) is 0 Å². The summed E-state index contributed by atoms with van der Waals surface area (Å²) in [5.74, 6) is 0. The number of nitrogens with one attached hydrogen (secondary N) is 1. The monoisotopic (exact) mass is 251 g/mol. The van der Waals surface area contributed by atoms with Gasteiger partial charge in [0.05, 0.1) is 12.2 Å². The van der Waals surface area contributed by atoms with E-state index in [1.165, 1.54) is 19.5 Å². The molecule has 0 amide bonds. The van der Waals surface area contributed by atoms with E-state index < -0.39 is 0 Å². The lowest BCUT2D eigenvalue weighted by atomic mass is 9.93. The smallest absolute Gasteiger partial charge is 0.0964 e.